The molecule has 0 aromatic heterocycles. The zero-order valence-corrected chi connectivity index (χ0v) is 8.13. The van der Waals surface area contributed by atoms with Crippen molar-refractivity contribution >= 4 is 6.03 Å². The van der Waals surface area contributed by atoms with Crippen molar-refractivity contribution in [2.75, 3.05) is 40.3 Å². The minimum absolute atomic E-state index is 0.000784. The Morgan fingerprint density at radius 1 is 1.54 bits per heavy atom. The number of hydrogen-bond acceptors (Lipinski definition) is 2. The number of nitrogens with one attached hydrogen (secondary N) is 1. The van der Waals surface area contributed by atoms with E-state index in [2.05, 4.69) is 17.2 Å². The first-order chi connectivity index (χ1) is 6.20. The fraction of sp³-hybridized carbons (Fsp3) is 0.667. The molecule has 1 fully saturated rings. The molecule has 0 bridgehead atoms. The number of rotatable bonds is 2. The molecule has 1 aliphatic heterocycles. The highest BCUT2D eigenvalue weighted by Crippen LogP contribution is 1.93. The number of carbonyl (C=O) groups excluding carboxylic acids is 1. The lowest BCUT2D eigenvalue weighted by molar-refractivity contribution is 0.222. The molecule has 1 rings (SSSR count). The van der Waals surface area contributed by atoms with Gasteiger partial charge in [0.2, 0.25) is 0 Å². The molecule has 0 aromatic carbocycles. The average molecular weight is 181 g/mol. The van der Waals surface area contributed by atoms with Gasteiger partial charge in [-0.25, -0.2) is 4.79 Å². The monoisotopic (exact) mass is 181 g/mol. The summed E-state index contributed by atoms with van der Waals surface area (Å²) in [5.41, 5.74) is 0. The van der Waals surface area contributed by atoms with E-state index in [1.54, 1.807) is 4.90 Å². The van der Waals surface area contributed by atoms with Crippen molar-refractivity contribution in [3.63, 3.8) is 0 Å². The summed E-state index contributed by atoms with van der Waals surface area (Å²) < 4.78 is 0. The topological polar surface area (TPSA) is 35.6 Å². The maximum atomic E-state index is 11.0. The van der Waals surface area contributed by atoms with Gasteiger partial charge in [0.15, 0.2) is 0 Å². The Morgan fingerprint density at radius 3 is 2.85 bits per heavy atom. The van der Waals surface area contributed by atoms with Crippen LogP contribution in [0.25, 0.3) is 0 Å². The summed E-state index contributed by atoms with van der Waals surface area (Å²) >= 11 is 0. The molecular weight excluding hydrogens is 166 g/mol. The molecule has 0 unspecified atom stereocenters. The highest BCUT2D eigenvalue weighted by molar-refractivity contribution is 5.76. The van der Waals surface area contributed by atoms with E-state index in [1.807, 2.05) is 19.0 Å². The zero-order chi connectivity index (χ0) is 9.68. The molecule has 1 aliphatic rings. The first-order valence-electron chi connectivity index (χ1n) is 4.33. The van der Waals surface area contributed by atoms with Gasteiger partial charge in [-0.3, -0.25) is 4.90 Å². The van der Waals surface area contributed by atoms with Crippen LogP contribution in [0.1, 0.15) is 0 Å². The van der Waals surface area contributed by atoms with Crippen LogP contribution in [0, 0.1) is 11.8 Å². The Labute approximate surface area is 78.9 Å². The maximum Gasteiger partial charge on any atom is 0.318 e. The van der Waals surface area contributed by atoms with Crippen molar-refractivity contribution in [2.24, 2.45) is 0 Å². The quantitative estimate of drug-likeness (QED) is 0.587. The fourth-order valence-corrected chi connectivity index (χ4v) is 1.03. The largest absolute Gasteiger partial charge is 0.336 e. The van der Waals surface area contributed by atoms with Crippen molar-refractivity contribution in [1.82, 2.24) is 15.1 Å². The Morgan fingerprint density at radius 2 is 2.31 bits per heavy atom. The van der Waals surface area contributed by atoms with Crippen LogP contribution >= 0.6 is 0 Å². The molecule has 0 atom stereocenters. The third kappa shape index (κ3) is 3.34. The summed E-state index contributed by atoms with van der Waals surface area (Å²) in [5, 5.41) is 2.73. The SMILES string of the molecule is CN(C)CC#CCN1CCNC1=O. The summed E-state index contributed by atoms with van der Waals surface area (Å²) in [6, 6.07) is -0.000784. The zero-order valence-electron chi connectivity index (χ0n) is 8.13. The van der Waals surface area contributed by atoms with E-state index in [4.69, 9.17) is 0 Å². The smallest absolute Gasteiger partial charge is 0.318 e. The first kappa shape index (κ1) is 9.87. The fourth-order valence-electron chi connectivity index (χ4n) is 1.03. The van der Waals surface area contributed by atoms with Crippen LogP contribution in [-0.2, 0) is 0 Å². The number of carbonyl (C=O) groups is 1. The lowest BCUT2D eigenvalue weighted by Crippen LogP contribution is -2.28. The predicted molar refractivity (Wildman–Crippen MR) is 51.3 cm³/mol. The summed E-state index contributed by atoms with van der Waals surface area (Å²) in [5.74, 6) is 5.95. The van der Waals surface area contributed by atoms with Crippen molar-refractivity contribution in [2.45, 2.75) is 0 Å². The molecule has 0 radical (unpaired) electrons. The van der Waals surface area contributed by atoms with Crippen LogP contribution in [0.5, 0.6) is 0 Å². The van der Waals surface area contributed by atoms with E-state index in [9.17, 15) is 4.79 Å². The van der Waals surface area contributed by atoms with E-state index < -0.39 is 0 Å². The van der Waals surface area contributed by atoms with Crippen LogP contribution in [0.4, 0.5) is 4.79 Å². The van der Waals surface area contributed by atoms with E-state index in [0.29, 0.717) is 6.54 Å². The average Bonchev–Trinajstić information content (AvgIpc) is 2.45. The molecule has 0 aliphatic carbocycles. The molecule has 0 saturated carbocycles. The van der Waals surface area contributed by atoms with Gasteiger partial charge >= 0.3 is 6.03 Å². The molecule has 1 heterocycles. The third-order valence-electron chi connectivity index (χ3n) is 1.74. The Balaban J connectivity index is 2.24. The Bertz CT molecular complexity index is 239. The van der Waals surface area contributed by atoms with Gasteiger partial charge in [-0.05, 0) is 14.1 Å². The van der Waals surface area contributed by atoms with Gasteiger partial charge in [0.05, 0.1) is 13.1 Å². The maximum absolute atomic E-state index is 11.0. The van der Waals surface area contributed by atoms with E-state index in [1.165, 1.54) is 0 Å². The highest BCUT2D eigenvalue weighted by atomic mass is 16.2. The van der Waals surface area contributed by atoms with Gasteiger partial charge in [-0.15, -0.1) is 0 Å². The van der Waals surface area contributed by atoms with Crippen LogP contribution in [0.3, 0.4) is 0 Å². The van der Waals surface area contributed by atoms with Gasteiger partial charge in [0, 0.05) is 13.1 Å². The van der Waals surface area contributed by atoms with Crippen LogP contribution in [0.15, 0.2) is 0 Å². The molecule has 0 spiro atoms. The minimum atomic E-state index is -0.000784. The minimum Gasteiger partial charge on any atom is -0.336 e. The summed E-state index contributed by atoms with van der Waals surface area (Å²) in [6.07, 6.45) is 0. The van der Waals surface area contributed by atoms with Gasteiger partial charge in [-0.1, -0.05) is 11.8 Å². The summed E-state index contributed by atoms with van der Waals surface area (Å²) in [7, 11) is 3.94. The third-order valence-corrected chi connectivity index (χ3v) is 1.74. The van der Waals surface area contributed by atoms with E-state index in [-0.39, 0.29) is 6.03 Å². The Kier molecular flexibility index (Phi) is 3.59. The van der Waals surface area contributed by atoms with Gasteiger partial charge in [0.25, 0.3) is 0 Å². The highest BCUT2D eigenvalue weighted by Gasteiger charge is 2.17. The van der Waals surface area contributed by atoms with Gasteiger partial charge in [-0.2, -0.15) is 0 Å². The molecule has 4 nitrogen and oxygen atoms in total. The van der Waals surface area contributed by atoms with Crippen LogP contribution in [0.2, 0.25) is 0 Å². The molecule has 1 N–H and O–H groups in total. The van der Waals surface area contributed by atoms with Gasteiger partial charge < -0.3 is 10.2 Å². The Hall–Kier alpha value is -1.21. The standard InChI is InChI=1S/C9H15N3O/c1-11(2)6-3-4-7-12-8-5-10-9(12)13/h5-8H2,1-2H3,(H,10,13). The second-order valence-electron chi connectivity index (χ2n) is 3.24. The van der Waals surface area contributed by atoms with Crippen molar-refractivity contribution < 1.29 is 4.79 Å². The summed E-state index contributed by atoms with van der Waals surface area (Å²) in [6.45, 7) is 2.80. The molecule has 72 valence electrons. The van der Waals surface area contributed by atoms with E-state index in [0.717, 1.165) is 19.6 Å². The first-order valence-corrected chi connectivity index (χ1v) is 4.33. The molecule has 2 amide bonds. The van der Waals surface area contributed by atoms with Crippen molar-refractivity contribution in [3.05, 3.63) is 0 Å². The van der Waals surface area contributed by atoms with Crippen molar-refractivity contribution in [1.29, 1.82) is 0 Å². The molecular formula is C9H15N3O. The molecule has 13 heavy (non-hydrogen) atoms. The van der Waals surface area contributed by atoms with Gasteiger partial charge in [0.1, 0.15) is 0 Å². The predicted octanol–water partition coefficient (Wildman–Crippen LogP) is -0.423. The molecule has 1 saturated heterocycles. The lowest BCUT2D eigenvalue weighted by Gasteiger charge is -2.08. The van der Waals surface area contributed by atoms with Crippen molar-refractivity contribution in [3.8, 4) is 11.8 Å². The second-order valence-corrected chi connectivity index (χ2v) is 3.24. The number of urea groups is 1. The summed E-state index contributed by atoms with van der Waals surface area (Å²) in [4.78, 5) is 14.7. The number of hydrogen-bond donors (Lipinski definition) is 1. The number of nitrogens with zero attached hydrogens (tertiary/aromatic N) is 2. The van der Waals surface area contributed by atoms with Crippen LogP contribution in [-0.4, -0.2) is 56.1 Å². The normalized spacial score (nSPS) is 15.6. The number of amides is 2. The van der Waals surface area contributed by atoms with E-state index >= 15 is 0 Å². The second kappa shape index (κ2) is 4.73. The molecule has 0 aromatic rings. The lowest BCUT2D eigenvalue weighted by atomic mass is 10.5. The molecule has 4 heteroatoms. The van der Waals surface area contributed by atoms with Crippen LogP contribution < -0.4 is 5.32 Å².